The number of nitrogens with zero attached hydrogens (tertiary/aromatic N) is 1. The molecule has 1 aliphatic heterocycles. The molecule has 18 heavy (non-hydrogen) atoms. The van der Waals surface area contributed by atoms with E-state index in [1.165, 1.54) is 4.90 Å². The first-order valence-electron chi connectivity index (χ1n) is 5.86. The Morgan fingerprint density at radius 2 is 1.94 bits per heavy atom. The van der Waals surface area contributed by atoms with E-state index in [9.17, 15) is 9.59 Å². The number of benzene rings is 1. The summed E-state index contributed by atoms with van der Waals surface area (Å²) in [5.41, 5.74) is 7.07. The zero-order valence-electron chi connectivity index (χ0n) is 10.5. The van der Waals surface area contributed by atoms with Gasteiger partial charge >= 0.3 is 0 Å². The van der Waals surface area contributed by atoms with Gasteiger partial charge in [0.05, 0.1) is 11.1 Å². The van der Waals surface area contributed by atoms with E-state index >= 15 is 0 Å². The monoisotopic (exact) mass is 264 g/mol. The number of amides is 2. The highest BCUT2D eigenvalue weighted by atomic mass is 32.2. The van der Waals surface area contributed by atoms with Crippen molar-refractivity contribution in [3.05, 3.63) is 29.3 Å². The summed E-state index contributed by atoms with van der Waals surface area (Å²) in [5.74, 6) is 0.344. The van der Waals surface area contributed by atoms with E-state index in [0.717, 1.165) is 12.2 Å². The molecule has 2 rings (SSSR count). The van der Waals surface area contributed by atoms with E-state index in [2.05, 4.69) is 0 Å². The topological polar surface area (TPSA) is 63.4 Å². The average Bonchev–Trinajstić information content (AvgIpc) is 2.59. The van der Waals surface area contributed by atoms with Gasteiger partial charge in [-0.1, -0.05) is 6.92 Å². The van der Waals surface area contributed by atoms with Gasteiger partial charge in [-0.05, 0) is 30.9 Å². The zero-order valence-corrected chi connectivity index (χ0v) is 11.3. The van der Waals surface area contributed by atoms with Crippen molar-refractivity contribution in [3.8, 4) is 0 Å². The standard InChI is InChI=1S/C13H16N2O2S/c1-3-9(7-18-2)15-12(16)10-5-4-8(14)6-11(10)13(15)17/h4-6,9H,3,7,14H2,1-2H3. The van der Waals surface area contributed by atoms with Crippen molar-refractivity contribution in [2.45, 2.75) is 19.4 Å². The third kappa shape index (κ3) is 1.99. The van der Waals surface area contributed by atoms with E-state index in [1.54, 1.807) is 30.0 Å². The van der Waals surface area contributed by atoms with Gasteiger partial charge in [0.25, 0.3) is 11.8 Å². The number of fused-ring (bicyclic) bond motifs is 1. The van der Waals surface area contributed by atoms with Crippen molar-refractivity contribution in [1.82, 2.24) is 4.90 Å². The fraction of sp³-hybridized carbons (Fsp3) is 0.385. The minimum Gasteiger partial charge on any atom is -0.399 e. The Bertz CT molecular complexity index is 502. The molecule has 4 nitrogen and oxygen atoms in total. The van der Waals surface area contributed by atoms with Crippen LogP contribution in [0.3, 0.4) is 0 Å². The Morgan fingerprint density at radius 3 is 2.56 bits per heavy atom. The van der Waals surface area contributed by atoms with Crippen molar-refractivity contribution in [1.29, 1.82) is 0 Å². The number of carbonyl (C=O) groups is 2. The smallest absolute Gasteiger partial charge is 0.261 e. The molecule has 1 aliphatic rings. The minimum absolute atomic E-state index is 0.0476. The number of carbonyl (C=O) groups excluding carboxylic acids is 2. The van der Waals surface area contributed by atoms with Crippen molar-refractivity contribution in [3.63, 3.8) is 0 Å². The maximum Gasteiger partial charge on any atom is 0.261 e. The first-order chi connectivity index (χ1) is 8.60. The molecule has 0 spiro atoms. The summed E-state index contributed by atoms with van der Waals surface area (Å²) in [7, 11) is 0. The molecule has 0 bridgehead atoms. The average molecular weight is 264 g/mol. The summed E-state index contributed by atoms with van der Waals surface area (Å²) < 4.78 is 0. The van der Waals surface area contributed by atoms with Crippen LogP contribution in [0.25, 0.3) is 0 Å². The number of rotatable bonds is 4. The molecule has 1 aromatic rings. The molecule has 0 aliphatic carbocycles. The van der Waals surface area contributed by atoms with Gasteiger partial charge in [0.1, 0.15) is 0 Å². The second-order valence-electron chi connectivity index (χ2n) is 4.30. The maximum absolute atomic E-state index is 12.3. The first-order valence-corrected chi connectivity index (χ1v) is 7.25. The molecular weight excluding hydrogens is 248 g/mol. The maximum atomic E-state index is 12.3. The SMILES string of the molecule is CCC(CSC)N1C(=O)c2ccc(N)cc2C1=O. The van der Waals surface area contributed by atoms with Crippen molar-refractivity contribution < 1.29 is 9.59 Å². The number of hydrogen-bond donors (Lipinski definition) is 1. The normalized spacial score (nSPS) is 16.0. The van der Waals surface area contributed by atoms with Gasteiger partial charge in [0, 0.05) is 17.5 Å². The molecule has 0 aromatic heterocycles. The summed E-state index contributed by atoms with van der Waals surface area (Å²) in [6.07, 6.45) is 2.74. The molecular formula is C13H16N2O2S. The van der Waals surface area contributed by atoms with Crippen LogP contribution >= 0.6 is 11.8 Å². The van der Waals surface area contributed by atoms with Gasteiger partial charge in [-0.3, -0.25) is 14.5 Å². The number of nitrogens with two attached hydrogens (primary N) is 1. The molecule has 96 valence electrons. The Kier molecular flexibility index (Phi) is 3.61. The molecule has 5 heteroatoms. The molecule has 0 saturated heterocycles. The second-order valence-corrected chi connectivity index (χ2v) is 5.21. The number of hydrogen-bond acceptors (Lipinski definition) is 4. The van der Waals surface area contributed by atoms with E-state index in [1.807, 2.05) is 13.2 Å². The summed E-state index contributed by atoms with van der Waals surface area (Å²) in [5, 5.41) is 0. The Hall–Kier alpha value is -1.49. The quantitative estimate of drug-likeness (QED) is 0.667. The van der Waals surface area contributed by atoms with Crippen LogP contribution in [0.4, 0.5) is 5.69 Å². The van der Waals surface area contributed by atoms with Crippen LogP contribution in [0.5, 0.6) is 0 Å². The highest BCUT2D eigenvalue weighted by Gasteiger charge is 2.39. The lowest BCUT2D eigenvalue weighted by Gasteiger charge is -2.24. The van der Waals surface area contributed by atoms with Gasteiger partial charge in [-0.2, -0.15) is 11.8 Å². The molecule has 1 atom stereocenters. The summed E-state index contributed by atoms with van der Waals surface area (Å²) in [6, 6.07) is 4.83. The molecule has 2 amide bonds. The van der Waals surface area contributed by atoms with Gasteiger partial charge in [-0.15, -0.1) is 0 Å². The van der Waals surface area contributed by atoms with Crippen molar-refractivity contribution >= 4 is 29.3 Å². The van der Waals surface area contributed by atoms with E-state index in [0.29, 0.717) is 16.8 Å². The lowest BCUT2D eigenvalue weighted by Crippen LogP contribution is -2.41. The lowest BCUT2D eigenvalue weighted by atomic mass is 10.1. The number of thioether (sulfide) groups is 1. The molecule has 1 unspecified atom stereocenters. The van der Waals surface area contributed by atoms with Crippen LogP contribution in [0.2, 0.25) is 0 Å². The molecule has 1 aromatic carbocycles. The third-order valence-corrected chi connectivity index (χ3v) is 3.86. The van der Waals surface area contributed by atoms with Gasteiger partial charge in [0.15, 0.2) is 0 Å². The predicted octanol–water partition coefficient (Wildman–Crippen LogP) is 2.01. The predicted molar refractivity (Wildman–Crippen MR) is 73.8 cm³/mol. The summed E-state index contributed by atoms with van der Waals surface area (Å²) >= 11 is 1.64. The summed E-state index contributed by atoms with van der Waals surface area (Å²) in [4.78, 5) is 25.9. The Labute approximate surface area is 111 Å². The fourth-order valence-electron chi connectivity index (χ4n) is 2.18. The van der Waals surface area contributed by atoms with Crippen LogP contribution in [-0.4, -0.2) is 34.8 Å². The lowest BCUT2D eigenvalue weighted by molar-refractivity contribution is 0.0597. The van der Waals surface area contributed by atoms with Crippen LogP contribution in [-0.2, 0) is 0 Å². The van der Waals surface area contributed by atoms with Crippen LogP contribution in [0.1, 0.15) is 34.1 Å². The zero-order chi connectivity index (χ0) is 13.3. The van der Waals surface area contributed by atoms with E-state index in [4.69, 9.17) is 5.73 Å². The highest BCUT2D eigenvalue weighted by Crippen LogP contribution is 2.28. The van der Waals surface area contributed by atoms with E-state index in [-0.39, 0.29) is 17.9 Å². The molecule has 1 heterocycles. The largest absolute Gasteiger partial charge is 0.399 e. The van der Waals surface area contributed by atoms with Gasteiger partial charge in [-0.25, -0.2) is 0 Å². The van der Waals surface area contributed by atoms with Crippen LogP contribution in [0.15, 0.2) is 18.2 Å². The molecule has 2 N–H and O–H groups in total. The number of nitrogen functional groups attached to an aromatic ring is 1. The second kappa shape index (κ2) is 5.02. The van der Waals surface area contributed by atoms with Crippen LogP contribution in [0, 0.1) is 0 Å². The Balaban J connectivity index is 2.38. The first kappa shape index (κ1) is 13.0. The molecule has 0 fully saturated rings. The van der Waals surface area contributed by atoms with E-state index < -0.39 is 0 Å². The molecule has 0 saturated carbocycles. The van der Waals surface area contributed by atoms with Gasteiger partial charge < -0.3 is 5.73 Å². The fourth-order valence-corrected chi connectivity index (χ4v) is 2.95. The Morgan fingerprint density at radius 1 is 1.28 bits per heavy atom. The molecule has 0 radical (unpaired) electrons. The minimum atomic E-state index is -0.219. The van der Waals surface area contributed by atoms with Gasteiger partial charge in [0.2, 0.25) is 0 Å². The number of imide groups is 1. The van der Waals surface area contributed by atoms with Crippen LogP contribution < -0.4 is 5.73 Å². The number of anilines is 1. The van der Waals surface area contributed by atoms with Crippen molar-refractivity contribution in [2.24, 2.45) is 0 Å². The summed E-state index contributed by atoms with van der Waals surface area (Å²) in [6.45, 7) is 1.98. The third-order valence-electron chi connectivity index (χ3n) is 3.14. The highest BCUT2D eigenvalue weighted by molar-refractivity contribution is 7.98. The van der Waals surface area contributed by atoms with Crippen molar-refractivity contribution in [2.75, 3.05) is 17.7 Å².